The van der Waals surface area contributed by atoms with Crippen LogP contribution in [-0.2, 0) is 6.42 Å². The van der Waals surface area contributed by atoms with Crippen LogP contribution in [0.2, 0.25) is 0 Å². The Morgan fingerprint density at radius 3 is 2.53 bits per heavy atom. The van der Waals surface area contributed by atoms with E-state index >= 15 is 0 Å². The number of rotatable bonds is 6. The predicted molar refractivity (Wildman–Crippen MR) is 87.9 cm³/mol. The van der Waals surface area contributed by atoms with Gasteiger partial charge in [-0.05, 0) is 59.2 Å². The molecule has 2 rings (SSSR count). The molecule has 1 aromatic carbocycles. The molecule has 0 saturated carbocycles. The summed E-state index contributed by atoms with van der Waals surface area (Å²) in [6.07, 6.45) is 2.20. The summed E-state index contributed by atoms with van der Waals surface area (Å²) in [4.78, 5) is 1.40. The third-order valence-corrected chi connectivity index (χ3v) is 5.15. The van der Waals surface area contributed by atoms with E-state index in [2.05, 4.69) is 70.8 Å². The highest BCUT2D eigenvalue weighted by atomic mass is 79.9. The molecule has 0 aliphatic rings. The van der Waals surface area contributed by atoms with Gasteiger partial charge in [0.05, 0.1) is 0 Å². The lowest BCUT2D eigenvalue weighted by atomic mass is 10.0. The van der Waals surface area contributed by atoms with Crippen LogP contribution in [0.1, 0.15) is 35.4 Å². The molecule has 1 aromatic heterocycles. The molecular weight excluding hydrogens is 318 g/mol. The predicted octanol–water partition coefficient (Wildman–Crippen LogP) is 5.10. The quantitative estimate of drug-likeness (QED) is 0.772. The Balaban J connectivity index is 2.14. The first-order valence-corrected chi connectivity index (χ1v) is 8.39. The van der Waals surface area contributed by atoms with Gasteiger partial charge in [-0.15, -0.1) is 11.3 Å². The Morgan fingerprint density at radius 2 is 1.95 bits per heavy atom. The Bertz CT molecular complexity index is 504. The Hall–Kier alpha value is -0.640. The fourth-order valence-electron chi connectivity index (χ4n) is 2.09. The summed E-state index contributed by atoms with van der Waals surface area (Å²) in [7, 11) is 0. The van der Waals surface area contributed by atoms with Crippen molar-refractivity contribution in [3.63, 3.8) is 0 Å². The molecule has 0 fully saturated rings. The van der Waals surface area contributed by atoms with Gasteiger partial charge in [0.2, 0.25) is 0 Å². The highest BCUT2D eigenvalue weighted by Gasteiger charge is 2.15. The summed E-state index contributed by atoms with van der Waals surface area (Å²) in [6, 6.07) is 11.4. The van der Waals surface area contributed by atoms with Gasteiger partial charge in [0, 0.05) is 15.4 Å². The average molecular weight is 338 g/mol. The minimum absolute atomic E-state index is 0.400. The smallest absolute Gasteiger partial charge is 0.0467 e. The van der Waals surface area contributed by atoms with Gasteiger partial charge in [-0.1, -0.05) is 36.8 Å². The highest BCUT2D eigenvalue weighted by molar-refractivity contribution is 9.10. The Morgan fingerprint density at radius 1 is 1.21 bits per heavy atom. The number of halogens is 1. The lowest BCUT2D eigenvalue weighted by Gasteiger charge is -2.18. The molecule has 1 heterocycles. The van der Waals surface area contributed by atoms with Gasteiger partial charge in [-0.2, -0.15) is 0 Å². The van der Waals surface area contributed by atoms with Crippen LogP contribution in [0.4, 0.5) is 0 Å². The monoisotopic (exact) mass is 337 g/mol. The molecule has 1 nitrogen and oxygen atoms in total. The van der Waals surface area contributed by atoms with E-state index in [1.807, 2.05) is 11.3 Å². The zero-order valence-electron chi connectivity index (χ0n) is 11.4. The maximum atomic E-state index is 3.66. The maximum absolute atomic E-state index is 3.66. The Kier molecular flexibility index (Phi) is 5.61. The lowest BCUT2D eigenvalue weighted by molar-refractivity contribution is 0.535. The molecule has 1 N–H and O–H groups in total. The van der Waals surface area contributed by atoms with Crippen molar-refractivity contribution in [3.05, 3.63) is 56.2 Å². The van der Waals surface area contributed by atoms with Crippen LogP contribution in [-0.4, -0.2) is 6.54 Å². The first-order chi connectivity index (χ1) is 9.20. The van der Waals surface area contributed by atoms with Crippen LogP contribution in [0.15, 0.2) is 40.2 Å². The van der Waals surface area contributed by atoms with E-state index in [1.165, 1.54) is 20.5 Å². The van der Waals surface area contributed by atoms with Gasteiger partial charge in [0.25, 0.3) is 0 Å². The summed E-state index contributed by atoms with van der Waals surface area (Å²) in [5.41, 5.74) is 2.71. The number of nitrogens with one attached hydrogen (secondary N) is 1. The first kappa shape index (κ1) is 14.8. The van der Waals surface area contributed by atoms with E-state index in [9.17, 15) is 0 Å². The fraction of sp³-hybridized carbons (Fsp3) is 0.375. The fourth-order valence-corrected chi connectivity index (χ4v) is 3.82. The molecule has 0 amide bonds. The molecule has 0 aliphatic carbocycles. The van der Waals surface area contributed by atoms with E-state index in [1.54, 1.807) is 0 Å². The summed E-state index contributed by atoms with van der Waals surface area (Å²) in [5, 5.41) is 5.80. The SMILES string of the molecule is CCCNC(Cc1ccc(C)cc1)c1sccc1Br. The zero-order chi connectivity index (χ0) is 13.7. The van der Waals surface area contributed by atoms with Crippen LogP contribution >= 0.6 is 27.3 Å². The minimum atomic E-state index is 0.400. The van der Waals surface area contributed by atoms with E-state index in [0.29, 0.717) is 6.04 Å². The van der Waals surface area contributed by atoms with E-state index in [-0.39, 0.29) is 0 Å². The second kappa shape index (κ2) is 7.22. The van der Waals surface area contributed by atoms with Crippen molar-refractivity contribution in [1.82, 2.24) is 5.32 Å². The number of benzene rings is 1. The molecule has 0 bridgehead atoms. The molecule has 0 spiro atoms. The highest BCUT2D eigenvalue weighted by Crippen LogP contribution is 2.31. The van der Waals surface area contributed by atoms with Crippen LogP contribution in [0, 0.1) is 6.92 Å². The minimum Gasteiger partial charge on any atom is -0.309 e. The molecule has 2 aromatic rings. The van der Waals surface area contributed by atoms with Crippen molar-refractivity contribution in [2.45, 2.75) is 32.7 Å². The number of hydrogen-bond acceptors (Lipinski definition) is 2. The molecule has 0 radical (unpaired) electrons. The van der Waals surface area contributed by atoms with Crippen molar-refractivity contribution in [2.24, 2.45) is 0 Å². The van der Waals surface area contributed by atoms with Gasteiger partial charge in [0.1, 0.15) is 0 Å². The summed E-state index contributed by atoms with van der Waals surface area (Å²) >= 11 is 5.48. The van der Waals surface area contributed by atoms with Crippen LogP contribution in [0.5, 0.6) is 0 Å². The molecule has 102 valence electrons. The summed E-state index contributed by atoms with van der Waals surface area (Å²) in [5.74, 6) is 0. The molecule has 1 atom stereocenters. The van der Waals surface area contributed by atoms with Crippen LogP contribution < -0.4 is 5.32 Å². The van der Waals surface area contributed by atoms with Crippen molar-refractivity contribution in [3.8, 4) is 0 Å². The number of aryl methyl sites for hydroxylation is 1. The molecule has 0 saturated heterocycles. The normalized spacial score (nSPS) is 12.6. The zero-order valence-corrected chi connectivity index (χ0v) is 13.9. The Labute approximate surface area is 128 Å². The number of thiophene rings is 1. The molecule has 19 heavy (non-hydrogen) atoms. The van der Waals surface area contributed by atoms with Gasteiger partial charge >= 0.3 is 0 Å². The maximum Gasteiger partial charge on any atom is 0.0467 e. The molecule has 3 heteroatoms. The molecule has 0 aliphatic heterocycles. The van der Waals surface area contributed by atoms with Crippen LogP contribution in [0.25, 0.3) is 0 Å². The third-order valence-electron chi connectivity index (χ3n) is 3.16. The van der Waals surface area contributed by atoms with Crippen molar-refractivity contribution in [1.29, 1.82) is 0 Å². The average Bonchev–Trinajstić information content (AvgIpc) is 2.83. The molecule has 1 unspecified atom stereocenters. The second-order valence-corrected chi connectivity index (χ2v) is 6.63. The lowest BCUT2D eigenvalue weighted by Crippen LogP contribution is -2.23. The number of hydrogen-bond donors (Lipinski definition) is 1. The van der Waals surface area contributed by atoms with E-state index in [4.69, 9.17) is 0 Å². The van der Waals surface area contributed by atoms with Gasteiger partial charge in [0.15, 0.2) is 0 Å². The molecular formula is C16H20BrNS. The van der Waals surface area contributed by atoms with Gasteiger partial charge in [-0.3, -0.25) is 0 Å². The van der Waals surface area contributed by atoms with E-state index in [0.717, 1.165) is 19.4 Å². The first-order valence-electron chi connectivity index (χ1n) is 6.72. The van der Waals surface area contributed by atoms with Crippen molar-refractivity contribution < 1.29 is 0 Å². The standard InChI is InChI=1S/C16H20BrNS/c1-3-9-18-15(16-14(17)8-10-19-16)11-13-6-4-12(2)5-7-13/h4-8,10,15,18H,3,9,11H2,1-2H3. The van der Waals surface area contributed by atoms with Crippen molar-refractivity contribution in [2.75, 3.05) is 6.54 Å². The third kappa shape index (κ3) is 4.16. The van der Waals surface area contributed by atoms with Crippen LogP contribution in [0.3, 0.4) is 0 Å². The van der Waals surface area contributed by atoms with Crippen molar-refractivity contribution >= 4 is 27.3 Å². The topological polar surface area (TPSA) is 12.0 Å². The van der Waals surface area contributed by atoms with Gasteiger partial charge < -0.3 is 5.32 Å². The summed E-state index contributed by atoms with van der Waals surface area (Å²) in [6.45, 7) is 5.40. The largest absolute Gasteiger partial charge is 0.309 e. The van der Waals surface area contributed by atoms with E-state index < -0.39 is 0 Å². The second-order valence-electron chi connectivity index (χ2n) is 4.83. The van der Waals surface area contributed by atoms with Gasteiger partial charge in [-0.25, -0.2) is 0 Å². The summed E-state index contributed by atoms with van der Waals surface area (Å²) < 4.78 is 1.22.